The summed E-state index contributed by atoms with van der Waals surface area (Å²) in [5.74, 6) is 1.23. The first-order valence-electron chi connectivity index (χ1n) is 8.63. The Labute approximate surface area is 144 Å². The second-order valence-corrected chi connectivity index (χ2v) is 6.94. The van der Waals surface area contributed by atoms with Gasteiger partial charge in [0.1, 0.15) is 5.82 Å². The van der Waals surface area contributed by atoms with Gasteiger partial charge >= 0.3 is 6.03 Å². The zero-order valence-electron chi connectivity index (χ0n) is 13.7. The number of rotatable bonds is 1. The van der Waals surface area contributed by atoms with Gasteiger partial charge < -0.3 is 10.1 Å². The van der Waals surface area contributed by atoms with E-state index in [2.05, 4.69) is 21.7 Å². The van der Waals surface area contributed by atoms with Crippen LogP contribution < -0.4 is 20.3 Å². The van der Waals surface area contributed by atoms with E-state index in [1.165, 1.54) is 5.56 Å². The summed E-state index contributed by atoms with van der Waals surface area (Å²) in [4.78, 5) is 29.6. The molecule has 2 fully saturated rings. The summed E-state index contributed by atoms with van der Waals surface area (Å²) in [6.07, 6.45) is 6.03. The molecule has 2 N–H and O–H groups in total. The third kappa shape index (κ3) is 2.07. The summed E-state index contributed by atoms with van der Waals surface area (Å²) in [5.41, 5.74) is 2.02. The van der Waals surface area contributed by atoms with E-state index >= 15 is 0 Å². The molecule has 0 radical (unpaired) electrons. The minimum atomic E-state index is -0.408. The topological polar surface area (TPSA) is 88.0 Å². The third-order valence-electron chi connectivity index (χ3n) is 5.57. The van der Waals surface area contributed by atoms with Gasteiger partial charge in [-0.3, -0.25) is 19.4 Å². The van der Waals surface area contributed by atoms with Crippen LogP contribution in [-0.2, 0) is 10.2 Å². The minimum Gasteiger partial charge on any atom is -0.488 e. The minimum absolute atomic E-state index is 0.0728. The Balaban J connectivity index is 1.57. The van der Waals surface area contributed by atoms with Gasteiger partial charge in [0.2, 0.25) is 5.91 Å². The van der Waals surface area contributed by atoms with Gasteiger partial charge in [0.25, 0.3) is 0 Å². The molecule has 0 aromatic carbocycles. The van der Waals surface area contributed by atoms with Crippen LogP contribution in [0.1, 0.15) is 24.8 Å². The van der Waals surface area contributed by atoms with Crippen molar-refractivity contribution in [1.29, 1.82) is 0 Å². The van der Waals surface area contributed by atoms with E-state index in [0.717, 1.165) is 37.3 Å². The van der Waals surface area contributed by atoms with Gasteiger partial charge in [0, 0.05) is 30.1 Å². The number of carbonyl (C=O) groups is 2. The highest BCUT2D eigenvalue weighted by Crippen LogP contribution is 2.46. The van der Waals surface area contributed by atoms with Crippen molar-refractivity contribution in [3.8, 4) is 5.75 Å². The average molecular weight is 341 g/mol. The summed E-state index contributed by atoms with van der Waals surface area (Å²) in [5, 5.41) is 5.75. The number of nitrogens with one attached hydrogen (secondary N) is 2. The van der Waals surface area contributed by atoms with Crippen molar-refractivity contribution in [1.82, 2.24) is 20.0 Å². The Hall–Kier alpha value is -2.61. The van der Waals surface area contributed by atoms with Gasteiger partial charge in [-0.2, -0.15) is 0 Å². The molecular formula is C17H19N5O3. The van der Waals surface area contributed by atoms with Crippen molar-refractivity contribution in [3.63, 3.8) is 0 Å². The monoisotopic (exact) mass is 341 g/mol. The number of hydrogen-bond acceptors (Lipinski definition) is 5. The maximum absolute atomic E-state index is 12.1. The zero-order valence-corrected chi connectivity index (χ0v) is 13.7. The van der Waals surface area contributed by atoms with Crippen LogP contribution in [0.2, 0.25) is 0 Å². The molecule has 2 aromatic heterocycles. The number of imide groups is 1. The molecule has 0 unspecified atom stereocenters. The number of anilines is 1. The Morgan fingerprint density at radius 2 is 2.08 bits per heavy atom. The lowest BCUT2D eigenvalue weighted by atomic mass is 9.75. The van der Waals surface area contributed by atoms with Crippen LogP contribution in [0.4, 0.5) is 10.6 Å². The maximum Gasteiger partial charge on any atom is 0.329 e. The molecule has 0 saturated carbocycles. The molecule has 3 aliphatic rings. The number of imidazole rings is 1. The molecule has 3 amide bonds. The van der Waals surface area contributed by atoms with Crippen LogP contribution in [0.5, 0.6) is 5.75 Å². The Morgan fingerprint density at radius 3 is 2.88 bits per heavy atom. The van der Waals surface area contributed by atoms with Crippen molar-refractivity contribution in [3.05, 3.63) is 24.0 Å². The van der Waals surface area contributed by atoms with Gasteiger partial charge in [-0.05, 0) is 32.0 Å². The van der Waals surface area contributed by atoms with Gasteiger partial charge in [-0.15, -0.1) is 0 Å². The van der Waals surface area contributed by atoms with Gasteiger partial charge in [-0.1, -0.05) is 0 Å². The Kier molecular flexibility index (Phi) is 3.05. The first-order chi connectivity index (χ1) is 12.2. The molecule has 3 aliphatic heterocycles. The number of piperidine rings is 1. The molecule has 2 saturated heterocycles. The quantitative estimate of drug-likeness (QED) is 0.801. The van der Waals surface area contributed by atoms with Crippen molar-refractivity contribution in [2.75, 3.05) is 31.1 Å². The van der Waals surface area contributed by atoms with Gasteiger partial charge in [0.05, 0.1) is 12.8 Å². The van der Waals surface area contributed by atoms with E-state index in [4.69, 9.17) is 4.74 Å². The molecule has 8 nitrogen and oxygen atoms in total. The summed E-state index contributed by atoms with van der Waals surface area (Å²) < 4.78 is 7.93. The Bertz CT molecular complexity index is 884. The SMILES string of the molecule is O=C1CCN(c2cnc3c4c(ccn23)C2(CCNCC2)CO4)C(=O)N1. The number of ether oxygens (including phenoxy) is 1. The van der Waals surface area contributed by atoms with E-state index in [-0.39, 0.29) is 17.7 Å². The fraction of sp³-hybridized carbons (Fsp3) is 0.471. The van der Waals surface area contributed by atoms with Crippen LogP contribution in [0.15, 0.2) is 18.5 Å². The number of hydrogen-bond donors (Lipinski definition) is 2. The van der Waals surface area contributed by atoms with E-state index in [0.29, 0.717) is 19.0 Å². The first kappa shape index (κ1) is 14.7. The molecule has 0 aliphatic carbocycles. The number of pyridine rings is 1. The van der Waals surface area contributed by atoms with E-state index in [1.807, 2.05) is 10.6 Å². The number of carbonyl (C=O) groups excluding carboxylic acids is 2. The lowest BCUT2D eigenvalue weighted by Gasteiger charge is -2.32. The molecule has 8 heteroatoms. The summed E-state index contributed by atoms with van der Waals surface area (Å²) in [6.45, 7) is 3.03. The summed E-state index contributed by atoms with van der Waals surface area (Å²) in [6, 6.07) is 1.69. The molecule has 2 aromatic rings. The number of urea groups is 1. The predicted octanol–water partition coefficient (Wildman–Crippen LogP) is 0.794. The highest BCUT2D eigenvalue weighted by atomic mass is 16.5. The fourth-order valence-electron chi connectivity index (χ4n) is 4.16. The summed E-state index contributed by atoms with van der Waals surface area (Å²) >= 11 is 0. The smallest absolute Gasteiger partial charge is 0.329 e. The second-order valence-electron chi connectivity index (χ2n) is 6.94. The highest BCUT2D eigenvalue weighted by Gasteiger charge is 2.43. The van der Waals surface area contributed by atoms with Crippen molar-refractivity contribution < 1.29 is 14.3 Å². The molecule has 5 rings (SSSR count). The molecule has 1 spiro atoms. The van der Waals surface area contributed by atoms with Crippen molar-refractivity contribution >= 4 is 23.4 Å². The van der Waals surface area contributed by atoms with Gasteiger partial charge in [0.15, 0.2) is 11.4 Å². The molecule has 5 heterocycles. The van der Waals surface area contributed by atoms with E-state index in [9.17, 15) is 9.59 Å². The number of nitrogens with zero attached hydrogens (tertiary/aromatic N) is 3. The molecule has 25 heavy (non-hydrogen) atoms. The van der Waals surface area contributed by atoms with Crippen LogP contribution in [0.25, 0.3) is 5.65 Å². The van der Waals surface area contributed by atoms with Gasteiger partial charge in [-0.25, -0.2) is 9.78 Å². The lowest BCUT2D eigenvalue weighted by Crippen LogP contribution is -2.50. The number of aromatic nitrogens is 2. The van der Waals surface area contributed by atoms with E-state index < -0.39 is 6.03 Å². The number of fused-ring (bicyclic) bond motifs is 4. The maximum atomic E-state index is 12.1. The molecular weight excluding hydrogens is 322 g/mol. The van der Waals surface area contributed by atoms with Crippen LogP contribution in [0, 0.1) is 0 Å². The van der Waals surface area contributed by atoms with Crippen LogP contribution in [-0.4, -0.2) is 47.6 Å². The Morgan fingerprint density at radius 1 is 1.24 bits per heavy atom. The van der Waals surface area contributed by atoms with Crippen molar-refractivity contribution in [2.24, 2.45) is 0 Å². The van der Waals surface area contributed by atoms with Crippen LogP contribution in [0.3, 0.4) is 0 Å². The number of amides is 3. The van der Waals surface area contributed by atoms with E-state index in [1.54, 1.807) is 11.1 Å². The van der Waals surface area contributed by atoms with Crippen LogP contribution >= 0.6 is 0 Å². The third-order valence-corrected chi connectivity index (χ3v) is 5.57. The highest BCUT2D eigenvalue weighted by molar-refractivity contribution is 6.05. The van der Waals surface area contributed by atoms with Crippen molar-refractivity contribution in [2.45, 2.75) is 24.7 Å². The molecule has 0 bridgehead atoms. The molecule has 130 valence electrons. The normalized spacial score (nSPS) is 22.2. The average Bonchev–Trinajstić information content (AvgIpc) is 3.18. The largest absolute Gasteiger partial charge is 0.488 e. The lowest BCUT2D eigenvalue weighted by molar-refractivity contribution is -0.120. The first-order valence-corrected chi connectivity index (χ1v) is 8.63. The summed E-state index contributed by atoms with van der Waals surface area (Å²) in [7, 11) is 0. The fourth-order valence-corrected chi connectivity index (χ4v) is 4.16. The predicted molar refractivity (Wildman–Crippen MR) is 90.0 cm³/mol. The zero-order chi connectivity index (χ0) is 17.0. The molecule has 0 atom stereocenters. The standard InChI is InChI=1S/C17H19N5O3/c23-12-2-8-22(16(24)20-12)13-9-19-15-14-11(1-7-21(13)15)17(10-25-14)3-5-18-6-4-17/h1,7,9,18H,2-6,8,10H2,(H,20,23,24). The second kappa shape index (κ2) is 5.19.